The first-order valence-corrected chi connectivity index (χ1v) is 8.80. The number of carbonyl (C=O) groups is 1. The van der Waals surface area contributed by atoms with E-state index in [-0.39, 0.29) is 16.8 Å². The number of hydrogen-bond donors (Lipinski definition) is 1. The van der Waals surface area contributed by atoms with Crippen LogP contribution in [0.1, 0.15) is 29.7 Å². The van der Waals surface area contributed by atoms with Gasteiger partial charge in [0.2, 0.25) is 0 Å². The zero-order valence-electron chi connectivity index (χ0n) is 11.3. The van der Waals surface area contributed by atoms with E-state index < -0.39 is 0 Å². The molecule has 2 aliphatic rings. The summed E-state index contributed by atoms with van der Waals surface area (Å²) in [6, 6.07) is 0. The Labute approximate surface area is 129 Å². The van der Waals surface area contributed by atoms with E-state index in [4.69, 9.17) is 4.74 Å². The molecule has 0 saturated carbocycles. The molecule has 110 valence electrons. The number of nitrogens with zero attached hydrogens (tertiary/aromatic N) is 1. The molecule has 1 aliphatic heterocycles. The second kappa shape index (κ2) is 5.14. The summed E-state index contributed by atoms with van der Waals surface area (Å²) in [6.07, 6.45) is 5.02. The molecule has 1 aliphatic carbocycles. The van der Waals surface area contributed by atoms with Crippen molar-refractivity contribution in [3.8, 4) is 0 Å². The molecule has 0 aromatic carbocycles. The maximum absolute atomic E-state index is 12.4. The second-order valence-corrected chi connectivity index (χ2v) is 7.60. The standard InChI is InChI=1S/C14H14N2O3S2/c17-11-10-7-3-1-2-4-8(7)20-12(10)16-14(15-11)21-9-5-6-19-13(9)18/h9H,1-6H2,(H,15,16,17)/t9-/m0/s1. The molecule has 21 heavy (non-hydrogen) atoms. The first kappa shape index (κ1) is 13.3. The van der Waals surface area contributed by atoms with Crippen LogP contribution >= 0.6 is 23.1 Å². The molecule has 7 heteroatoms. The van der Waals surface area contributed by atoms with Gasteiger partial charge in [-0.25, -0.2) is 4.98 Å². The third-order valence-corrected chi connectivity index (χ3v) is 6.26. The topological polar surface area (TPSA) is 72.0 Å². The third-order valence-electron chi connectivity index (χ3n) is 3.94. The number of rotatable bonds is 2. The first-order valence-electron chi connectivity index (χ1n) is 7.10. The molecular weight excluding hydrogens is 308 g/mol. The second-order valence-electron chi connectivity index (χ2n) is 5.32. The molecule has 1 atom stereocenters. The summed E-state index contributed by atoms with van der Waals surface area (Å²) in [5.74, 6) is -0.215. The van der Waals surface area contributed by atoms with Crippen LogP contribution < -0.4 is 5.56 Å². The Morgan fingerprint density at radius 3 is 2.95 bits per heavy atom. The minimum absolute atomic E-state index is 0.0757. The lowest BCUT2D eigenvalue weighted by atomic mass is 9.97. The molecule has 1 N–H and O–H groups in total. The average molecular weight is 322 g/mol. The van der Waals surface area contributed by atoms with E-state index in [2.05, 4.69) is 9.97 Å². The molecule has 4 rings (SSSR count). The van der Waals surface area contributed by atoms with E-state index in [1.54, 1.807) is 11.3 Å². The van der Waals surface area contributed by atoms with Crippen molar-refractivity contribution >= 4 is 39.3 Å². The van der Waals surface area contributed by atoms with E-state index in [0.29, 0.717) is 18.2 Å². The molecule has 1 saturated heterocycles. The van der Waals surface area contributed by atoms with Crippen LogP contribution in [-0.4, -0.2) is 27.8 Å². The van der Waals surface area contributed by atoms with Gasteiger partial charge in [0, 0.05) is 11.3 Å². The lowest BCUT2D eigenvalue weighted by molar-refractivity contribution is -0.137. The summed E-state index contributed by atoms with van der Waals surface area (Å²) in [5.41, 5.74) is 1.11. The largest absolute Gasteiger partial charge is 0.465 e. The number of nitrogens with one attached hydrogen (secondary N) is 1. The Hall–Kier alpha value is -1.34. The fourth-order valence-corrected chi connectivity index (χ4v) is 5.18. The van der Waals surface area contributed by atoms with Crippen molar-refractivity contribution in [2.24, 2.45) is 0 Å². The zero-order valence-corrected chi connectivity index (χ0v) is 12.9. The Balaban J connectivity index is 1.75. The van der Waals surface area contributed by atoms with Gasteiger partial charge in [-0.3, -0.25) is 9.59 Å². The SMILES string of the molecule is O=C1OCC[C@@H]1Sc1nc2sc3c(c2c(=O)[nH]1)CCCC3. The van der Waals surface area contributed by atoms with Crippen LogP contribution in [0.5, 0.6) is 0 Å². The van der Waals surface area contributed by atoms with Gasteiger partial charge in [0.25, 0.3) is 5.56 Å². The van der Waals surface area contributed by atoms with Crippen molar-refractivity contribution in [2.45, 2.75) is 42.5 Å². The fraction of sp³-hybridized carbons (Fsp3) is 0.500. The maximum atomic E-state index is 12.4. The predicted octanol–water partition coefficient (Wildman–Crippen LogP) is 2.27. The summed E-state index contributed by atoms with van der Waals surface area (Å²) >= 11 is 2.93. The highest BCUT2D eigenvalue weighted by molar-refractivity contribution is 8.00. The summed E-state index contributed by atoms with van der Waals surface area (Å²) in [4.78, 5) is 33.4. The van der Waals surface area contributed by atoms with Gasteiger partial charge in [0.05, 0.1) is 12.0 Å². The van der Waals surface area contributed by atoms with E-state index in [0.717, 1.165) is 29.5 Å². The minimum Gasteiger partial charge on any atom is -0.465 e. The molecule has 0 unspecified atom stereocenters. The minimum atomic E-state index is -0.250. The number of aromatic nitrogens is 2. The van der Waals surface area contributed by atoms with Crippen LogP contribution in [0.3, 0.4) is 0 Å². The molecule has 5 nitrogen and oxygen atoms in total. The highest BCUT2D eigenvalue weighted by atomic mass is 32.2. The number of carbonyl (C=O) groups excluding carboxylic acids is 1. The van der Waals surface area contributed by atoms with Crippen LogP contribution in [0.2, 0.25) is 0 Å². The molecule has 0 bridgehead atoms. The van der Waals surface area contributed by atoms with Gasteiger partial charge in [-0.15, -0.1) is 11.3 Å². The summed E-state index contributed by atoms with van der Waals surface area (Å²) in [7, 11) is 0. The van der Waals surface area contributed by atoms with Crippen LogP contribution in [0.15, 0.2) is 9.95 Å². The number of thioether (sulfide) groups is 1. The monoisotopic (exact) mass is 322 g/mol. The third kappa shape index (κ3) is 2.28. The summed E-state index contributed by atoms with van der Waals surface area (Å²) in [5, 5.41) is 1.03. The van der Waals surface area contributed by atoms with Gasteiger partial charge in [0.1, 0.15) is 10.1 Å². The van der Waals surface area contributed by atoms with Gasteiger partial charge in [-0.05, 0) is 31.2 Å². The summed E-state index contributed by atoms with van der Waals surface area (Å²) < 4.78 is 4.94. The molecular formula is C14H14N2O3S2. The van der Waals surface area contributed by atoms with Crippen molar-refractivity contribution < 1.29 is 9.53 Å². The van der Waals surface area contributed by atoms with Crippen molar-refractivity contribution in [3.05, 3.63) is 20.8 Å². The molecule has 2 aromatic rings. The predicted molar refractivity (Wildman–Crippen MR) is 82.1 cm³/mol. The van der Waals surface area contributed by atoms with E-state index >= 15 is 0 Å². The lowest BCUT2D eigenvalue weighted by Gasteiger charge is -2.09. The first-order chi connectivity index (χ1) is 10.2. The van der Waals surface area contributed by atoms with Gasteiger partial charge in [-0.1, -0.05) is 11.8 Å². The van der Waals surface area contributed by atoms with Gasteiger partial charge in [-0.2, -0.15) is 0 Å². The number of cyclic esters (lactones) is 1. The average Bonchev–Trinajstić information content (AvgIpc) is 3.02. The smallest absolute Gasteiger partial charge is 0.319 e. The number of aromatic amines is 1. The van der Waals surface area contributed by atoms with Crippen LogP contribution in [0.4, 0.5) is 0 Å². The quantitative estimate of drug-likeness (QED) is 0.678. The number of fused-ring (bicyclic) bond motifs is 3. The highest BCUT2D eigenvalue weighted by Gasteiger charge is 2.29. The van der Waals surface area contributed by atoms with Crippen LogP contribution in [-0.2, 0) is 22.4 Å². The number of aryl methyl sites for hydroxylation is 2. The maximum Gasteiger partial charge on any atom is 0.319 e. The van der Waals surface area contributed by atoms with Crippen LogP contribution in [0.25, 0.3) is 10.2 Å². The van der Waals surface area contributed by atoms with E-state index in [1.165, 1.54) is 28.6 Å². The Kier molecular flexibility index (Phi) is 3.26. The zero-order chi connectivity index (χ0) is 14.4. The normalized spacial score (nSPS) is 21.5. The molecule has 0 spiro atoms. The summed E-state index contributed by atoms with van der Waals surface area (Å²) in [6.45, 7) is 0.455. The Morgan fingerprint density at radius 1 is 1.29 bits per heavy atom. The van der Waals surface area contributed by atoms with Crippen molar-refractivity contribution in [1.29, 1.82) is 0 Å². The number of hydrogen-bond acceptors (Lipinski definition) is 6. The van der Waals surface area contributed by atoms with Crippen molar-refractivity contribution in [1.82, 2.24) is 9.97 Å². The van der Waals surface area contributed by atoms with Gasteiger partial charge >= 0.3 is 5.97 Å². The number of H-pyrrole nitrogens is 1. The van der Waals surface area contributed by atoms with Gasteiger partial charge < -0.3 is 9.72 Å². The number of ether oxygens (including phenoxy) is 1. The van der Waals surface area contributed by atoms with Crippen molar-refractivity contribution in [3.63, 3.8) is 0 Å². The highest BCUT2D eigenvalue weighted by Crippen LogP contribution is 2.35. The molecule has 1 fully saturated rings. The molecule has 0 amide bonds. The molecule has 3 heterocycles. The van der Waals surface area contributed by atoms with Crippen molar-refractivity contribution in [2.75, 3.05) is 6.61 Å². The van der Waals surface area contributed by atoms with Crippen LogP contribution in [0, 0.1) is 0 Å². The number of thiophene rings is 1. The molecule has 0 radical (unpaired) electrons. The van der Waals surface area contributed by atoms with E-state index in [9.17, 15) is 9.59 Å². The van der Waals surface area contributed by atoms with E-state index in [1.807, 2.05) is 0 Å². The van der Waals surface area contributed by atoms with Gasteiger partial charge in [0.15, 0.2) is 5.16 Å². The lowest BCUT2D eigenvalue weighted by Crippen LogP contribution is -2.14. The molecule has 2 aromatic heterocycles. The Bertz CT molecular complexity index is 780. The Morgan fingerprint density at radius 2 is 2.14 bits per heavy atom. The number of esters is 1. The fourth-order valence-electron chi connectivity index (χ4n) is 2.92.